The normalized spacial score (nSPS) is 19.1. The third-order valence-corrected chi connectivity index (χ3v) is 4.67. The summed E-state index contributed by atoms with van der Waals surface area (Å²) in [5, 5.41) is 2.81. The Morgan fingerprint density at radius 3 is 2.92 bits per heavy atom. The van der Waals surface area contributed by atoms with Crippen LogP contribution in [-0.2, 0) is 17.9 Å². The van der Waals surface area contributed by atoms with E-state index in [1.54, 1.807) is 6.07 Å². The van der Waals surface area contributed by atoms with E-state index in [1.165, 1.54) is 10.8 Å². The summed E-state index contributed by atoms with van der Waals surface area (Å²) in [6, 6.07) is 11.1. The maximum absolute atomic E-state index is 12.3. The van der Waals surface area contributed by atoms with Crippen LogP contribution in [0.3, 0.4) is 0 Å². The second kappa shape index (κ2) is 6.20. The van der Waals surface area contributed by atoms with Gasteiger partial charge in [0.25, 0.3) is 5.56 Å². The second-order valence-electron chi connectivity index (χ2n) is 6.57. The molecule has 6 nitrogen and oxygen atoms in total. The lowest BCUT2D eigenvalue weighted by atomic mass is 10.3. The average Bonchev–Trinajstić information content (AvgIpc) is 3.16. The number of carbonyl (C=O) groups is 1. The molecule has 2 aromatic heterocycles. The SMILES string of the molecule is CC1CC1c1ccc(CNC(=O)Cn2c(=O)cnc3ccccc32)o1. The van der Waals surface area contributed by atoms with Gasteiger partial charge in [0.05, 0.1) is 23.8 Å². The number of benzene rings is 1. The van der Waals surface area contributed by atoms with Crippen molar-refractivity contribution in [2.75, 3.05) is 0 Å². The molecule has 1 amide bonds. The second-order valence-corrected chi connectivity index (χ2v) is 6.57. The molecule has 0 radical (unpaired) electrons. The molecule has 2 atom stereocenters. The van der Waals surface area contributed by atoms with E-state index in [0.29, 0.717) is 29.4 Å². The number of carbonyl (C=O) groups excluding carboxylic acids is 1. The van der Waals surface area contributed by atoms with Crippen molar-refractivity contribution in [2.24, 2.45) is 5.92 Å². The number of nitrogens with zero attached hydrogens (tertiary/aromatic N) is 2. The van der Waals surface area contributed by atoms with Crippen molar-refractivity contribution in [1.29, 1.82) is 0 Å². The zero-order chi connectivity index (χ0) is 17.4. The number of aromatic nitrogens is 2. The van der Waals surface area contributed by atoms with E-state index in [1.807, 2.05) is 30.3 Å². The first-order valence-corrected chi connectivity index (χ1v) is 8.41. The minimum atomic E-state index is -0.295. The number of furan rings is 1. The predicted octanol–water partition coefficient (Wildman–Crippen LogP) is 2.43. The van der Waals surface area contributed by atoms with Crippen molar-refractivity contribution in [3.8, 4) is 0 Å². The Bertz CT molecular complexity index is 989. The maximum atomic E-state index is 12.3. The molecular weight excluding hydrogens is 318 g/mol. The lowest BCUT2D eigenvalue weighted by Crippen LogP contribution is -2.32. The van der Waals surface area contributed by atoms with Gasteiger partial charge in [-0.1, -0.05) is 19.1 Å². The standard InChI is InChI=1S/C19H19N3O3/c1-12-8-14(12)17-7-6-13(25-17)9-21-18(23)11-22-16-5-3-2-4-15(16)20-10-19(22)24/h2-7,10,12,14H,8-9,11H2,1H3,(H,21,23). The van der Waals surface area contributed by atoms with Gasteiger partial charge in [0, 0.05) is 5.92 Å². The van der Waals surface area contributed by atoms with Crippen LogP contribution in [0.4, 0.5) is 0 Å². The Balaban J connectivity index is 1.43. The molecule has 0 saturated heterocycles. The summed E-state index contributed by atoms with van der Waals surface area (Å²) in [6.07, 6.45) is 2.41. The molecular formula is C19H19N3O3. The molecule has 0 spiro atoms. The number of para-hydroxylation sites is 2. The molecule has 2 unspecified atom stereocenters. The molecule has 1 saturated carbocycles. The Morgan fingerprint density at radius 2 is 2.12 bits per heavy atom. The first-order chi connectivity index (χ1) is 12.1. The van der Waals surface area contributed by atoms with E-state index < -0.39 is 0 Å². The highest BCUT2D eigenvalue weighted by atomic mass is 16.3. The fourth-order valence-electron chi connectivity index (χ4n) is 3.07. The Labute approximate surface area is 144 Å². The molecule has 128 valence electrons. The number of nitrogens with one attached hydrogen (secondary N) is 1. The third kappa shape index (κ3) is 3.20. The van der Waals surface area contributed by atoms with Gasteiger partial charge in [-0.15, -0.1) is 0 Å². The van der Waals surface area contributed by atoms with Gasteiger partial charge in [0.1, 0.15) is 18.1 Å². The van der Waals surface area contributed by atoms with Crippen LogP contribution >= 0.6 is 0 Å². The van der Waals surface area contributed by atoms with E-state index in [-0.39, 0.29) is 18.0 Å². The van der Waals surface area contributed by atoms with Crippen LogP contribution < -0.4 is 10.9 Å². The molecule has 3 aromatic rings. The number of hydrogen-bond donors (Lipinski definition) is 1. The number of hydrogen-bond acceptors (Lipinski definition) is 4. The summed E-state index contributed by atoms with van der Waals surface area (Å²) in [7, 11) is 0. The average molecular weight is 337 g/mol. The Kier molecular flexibility index (Phi) is 3.87. The summed E-state index contributed by atoms with van der Waals surface area (Å²) in [4.78, 5) is 28.4. The summed E-state index contributed by atoms with van der Waals surface area (Å²) in [5.41, 5.74) is 1.04. The van der Waals surface area contributed by atoms with Gasteiger partial charge >= 0.3 is 0 Å². The molecule has 6 heteroatoms. The summed E-state index contributed by atoms with van der Waals surface area (Å²) in [6.45, 7) is 2.47. The van der Waals surface area contributed by atoms with E-state index in [4.69, 9.17) is 4.42 Å². The fourth-order valence-corrected chi connectivity index (χ4v) is 3.07. The van der Waals surface area contributed by atoms with Gasteiger partial charge in [-0.3, -0.25) is 14.2 Å². The maximum Gasteiger partial charge on any atom is 0.269 e. The van der Waals surface area contributed by atoms with Gasteiger partial charge in [-0.25, -0.2) is 4.98 Å². The van der Waals surface area contributed by atoms with Crippen LogP contribution in [-0.4, -0.2) is 15.5 Å². The largest absolute Gasteiger partial charge is 0.464 e. The quantitative estimate of drug-likeness (QED) is 0.776. The van der Waals surface area contributed by atoms with Crippen LogP contribution in [0.1, 0.15) is 30.8 Å². The van der Waals surface area contributed by atoms with Gasteiger partial charge < -0.3 is 9.73 Å². The van der Waals surface area contributed by atoms with Gasteiger partial charge in [-0.2, -0.15) is 0 Å². The molecule has 4 rings (SSSR count). The molecule has 1 aromatic carbocycles. The highest BCUT2D eigenvalue weighted by Gasteiger charge is 2.36. The smallest absolute Gasteiger partial charge is 0.269 e. The molecule has 1 fully saturated rings. The molecule has 0 bridgehead atoms. The lowest BCUT2D eigenvalue weighted by Gasteiger charge is -2.09. The van der Waals surface area contributed by atoms with E-state index in [9.17, 15) is 9.59 Å². The number of amides is 1. The number of rotatable bonds is 5. The zero-order valence-corrected chi connectivity index (χ0v) is 13.9. The summed E-state index contributed by atoms with van der Waals surface area (Å²) in [5.74, 6) is 2.69. The van der Waals surface area contributed by atoms with Crippen LogP contribution in [0, 0.1) is 5.92 Å². The highest BCUT2D eigenvalue weighted by molar-refractivity contribution is 5.79. The molecule has 0 aliphatic heterocycles. The van der Waals surface area contributed by atoms with Gasteiger partial charge in [0.2, 0.25) is 5.91 Å². The molecule has 1 N–H and O–H groups in total. The van der Waals surface area contributed by atoms with E-state index in [0.717, 1.165) is 17.9 Å². The first kappa shape index (κ1) is 15.6. The molecule has 2 heterocycles. The van der Waals surface area contributed by atoms with Crippen LogP contribution in [0.15, 0.2) is 51.8 Å². The Hall–Kier alpha value is -2.89. The summed E-state index contributed by atoms with van der Waals surface area (Å²) >= 11 is 0. The van der Waals surface area contributed by atoms with Crippen LogP contribution in [0.25, 0.3) is 11.0 Å². The fraction of sp³-hybridized carbons (Fsp3) is 0.316. The topological polar surface area (TPSA) is 77.1 Å². The van der Waals surface area contributed by atoms with Crippen molar-refractivity contribution >= 4 is 16.9 Å². The minimum Gasteiger partial charge on any atom is -0.464 e. The van der Waals surface area contributed by atoms with Crippen molar-refractivity contribution in [1.82, 2.24) is 14.9 Å². The minimum absolute atomic E-state index is 0.0465. The highest BCUT2D eigenvalue weighted by Crippen LogP contribution is 2.47. The van der Waals surface area contributed by atoms with Gasteiger partial charge in [0.15, 0.2) is 0 Å². The number of fused-ring (bicyclic) bond motifs is 1. The third-order valence-electron chi connectivity index (χ3n) is 4.67. The van der Waals surface area contributed by atoms with Gasteiger partial charge in [-0.05, 0) is 36.6 Å². The molecule has 1 aliphatic rings. The zero-order valence-electron chi connectivity index (χ0n) is 13.9. The van der Waals surface area contributed by atoms with Crippen molar-refractivity contribution < 1.29 is 9.21 Å². The van der Waals surface area contributed by atoms with Crippen LogP contribution in [0.2, 0.25) is 0 Å². The first-order valence-electron chi connectivity index (χ1n) is 8.41. The van der Waals surface area contributed by atoms with Crippen molar-refractivity contribution in [2.45, 2.75) is 32.4 Å². The van der Waals surface area contributed by atoms with E-state index >= 15 is 0 Å². The monoisotopic (exact) mass is 337 g/mol. The lowest BCUT2D eigenvalue weighted by molar-refractivity contribution is -0.121. The van der Waals surface area contributed by atoms with Crippen molar-refractivity contribution in [3.63, 3.8) is 0 Å². The van der Waals surface area contributed by atoms with Crippen molar-refractivity contribution in [3.05, 3.63) is 64.5 Å². The molecule has 25 heavy (non-hydrogen) atoms. The summed E-state index contributed by atoms with van der Waals surface area (Å²) < 4.78 is 7.21. The molecule has 1 aliphatic carbocycles. The van der Waals surface area contributed by atoms with E-state index in [2.05, 4.69) is 17.2 Å². The van der Waals surface area contributed by atoms with Crippen LogP contribution in [0.5, 0.6) is 0 Å². The Morgan fingerprint density at radius 1 is 1.32 bits per heavy atom. The predicted molar refractivity (Wildman–Crippen MR) is 93.1 cm³/mol.